The van der Waals surface area contributed by atoms with Gasteiger partial charge in [0, 0.05) is 47.4 Å². The predicted octanol–water partition coefficient (Wildman–Crippen LogP) is 3.74. The average molecular weight is 388 g/mol. The van der Waals surface area contributed by atoms with Crippen molar-refractivity contribution in [1.82, 2.24) is 4.90 Å². The molecule has 0 aliphatic carbocycles. The fraction of sp³-hybridized carbons (Fsp3) is 0.263. The van der Waals surface area contributed by atoms with E-state index >= 15 is 0 Å². The van der Waals surface area contributed by atoms with Crippen LogP contribution in [0.3, 0.4) is 0 Å². The number of likely N-dealkylation sites (tertiary alicyclic amines) is 1. The number of rotatable bonds is 4. The second-order valence-corrected chi connectivity index (χ2v) is 6.81. The van der Waals surface area contributed by atoms with E-state index in [0.717, 1.165) is 0 Å². The number of nitrogens with zero attached hydrogens (tertiary/aromatic N) is 2. The Balaban J connectivity index is 1.55. The molecule has 1 N–H and O–H groups in total. The summed E-state index contributed by atoms with van der Waals surface area (Å²) >= 11 is 5.92. The van der Waals surface area contributed by atoms with Crippen LogP contribution in [-0.2, 0) is 4.79 Å². The number of non-ortho nitro benzene ring substituents is 1. The van der Waals surface area contributed by atoms with Gasteiger partial charge in [0.05, 0.1) is 4.92 Å². The molecule has 1 fully saturated rings. The number of hydrogen-bond donors (Lipinski definition) is 1. The van der Waals surface area contributed by atoms with E-state index in [9.17, 15) is 19.7 Å². The molecule has 0 unspecified atom stereocenters. The number of anilines is 1. The van der Waals surface area contributed by atoms with Gasteiger partial charge in [-0.15, -0.1) is 0 Å². The molecule has 27 heavy (non-hydrogen) atoms. The third kappa shape index (κ3) is 4.62. The lowest BCUT2D eigenvalue weighted by atomic mass is 9.95. The van der Waals surface area contributed by atoms with Gasteiger partial charge in [-0.05, 0) is 43.2 Å². The van der Waals surface area contributed by atoms with Crippen molar-refractivity contribution >= 4 is 34.8 Å². The lowest BCUT2D eigenvalue weighted by molar-refractivity contribution is -0.384. The minimum atomic E-state index is -0.502. The first-order valence-electron chi connectivity index (χ1n) is 8.54. The molecule has 3 rings (SSSR count). The molecule has 0 bridgehead atoms. The number of benzene rings is 2. The van der Waals surface area contributed by atoms with Gasteiger partial charge in [-0.3, -0.25) is 19.7 Å². The first kappa shape index (κ1) is 18.8. The minimum absolute atomic E-state index is 0.0528. The van der Waals surface area contributed by atoms with Gasteiger partial charge in [-0.25, -0.2) is 0 Å². The molecule has 2 aromatic rings. The molecular weight excluding hydrogens is 370 g/mol. The van der Waals surface area contributed by atoms with Gasteiger partial charge in [-0.2, -0.15) is 0 Å². The van der Waals surface area contributed by atoms with Crippen LogP contribution in [-0.4, -0.2) is 34.7 Å². The Hall–Kier alpha value is -2.93. The summed E-state index contributed by atoms with van der Waals surface area (Å²) in [6.07, 6.45) is 1.12. The molecule has 140 valence electrons. The van der Waals surface area contributed by atoms with E-state index in [0.29, 0.717) is 42.2 Å². The number of nitro groups is 1. The van der Waals surface area contributed by atoms with Crippen molar-refractivity contribution in [2.45, 2.75) is 12.8 Å². The fourth-order valence-electron chi connectivity index (χ4n) is 3.06. The zero-order chi connectivity index (χ0) is 19.4. The molecule has 0 saturated carbocycles. The molecule has 1 saturated heterocycles. The van der Waals surface area contributed by atoms with Gasteiger partial charge in [0.25, 0.3) is 11.6 Å². The van der Waals surface area contributed by atoms with E-state index < -0.39 is 4.92 Å². The van der Waals surface area contributed by atoms with Gasteiger partial charge in [0.15, 0.2) is 0 Å². The molecule has 0 spiro atoms. The van der Waals surface area contributed by atoms with Crippen LogP contribution in [0.1, 0.15) is 23.2 Å². The van der Waals surface area contributed by atoms with Crippen molar-refractivity contribution in [1.29, 1.82) is 0 Å². The summed E-state index contributed by atoms with van der Waals surface area (Å²) < 4.78 is 0. The Bertz CT molecular complexity index is 862. The molecule has 1 heterocycles. The lowest BCUT2D eigenvalue weighted by Gasteiger charge is -2.31. The predicted molar refractivity (Wildman–Crippen MR) is 102 cm³/mol. The molecule has 1 aliphatic heterocycles. The van der Waals surface area contributed by atoms with E-state index in [2.05, 4.69) is 5.32 Å². The maximum atomic E-state index is 12.5. The van der Waals surface area contributed by atoms with E-state index in [1.807, 2.05) is 0 Å². The molecular formula is C19H18ClN3O4. The normalized spacial score (nSPS) is 14.6. The van der Waals surface area contributed by atoms with Crippen LogP contribution in [0.5, 0.6) is 0 Å². The zero-order valence-electron chi connectivity index (χ0n) is 14.4. The number of halogens is 1. The molecule has 2 aromatic carbocycles. The number of carbonyl (C=O) groups excluding carboxylic acids is 2. The molecule has 0 aromatic heterocycles. The van der Waals surface area contributed by atoms with Crippen molar-refractivity contribution in [3.8, 4) is 0 Å². The summed E-state index contributed by atoms with van der Waals surface area (Å²) in [6, 6.07) is 12.5. The van der Waals surface area contributed by atoms with Crippen molar-refractivity contribution in [2.24, 2.45) is 5.92 Å². The highest BCUT2D eigenvalue weighted by molar-refractivity contribution is 6.30. The van der Waals surface area contributed by atoms with Crippen molar-refractivity contribution in [3.05, 3.63) is 69.2 Å². The van der Waals surface area contributed by atoms with Crippen LogP contribution < -0.4 is 5.32 Å². The number of nitro benzene ring substituents is 1. The highest BCUT2D eigenvalue weighted by Gasteiger charge is 2.28. The Morgan fingerprint density at radius 3 is 2.37 bits per heavy atom. The number of carbonyl (C=O) groups is 2. The van der Waals surface area contributed by atoms with Gasteiger partial charge in [0.2, 0.25) is 5.91 Å². The van der Waals surface area contributed by atoms with Crippen LogP contribution in [0, 0.1) is 16.0 Å². The maximum Gasteiger partial charge on any atom is 0.269 e. The topological polar surface area (TPSA) is 92.6 Å². The number of hydrogen-bond acceptors (Lipinski definition) is 4. The second-order valence-electron chi connectivity index (χ2n) is 6.37. The Morgan fingerprint density at radius 2 is 1.78 bits per heavy atom. The Morgan fingerprint density at radius 1 is 1.11 bits per heavy atom. The minimum Gasteiger partial charge on any atom is -0.339 e. The standard InChI is InChI=1S/C19H18ClN3O4/c20-15-2-1-3-16(12-15)21-18(24)13-8-10-22(11-9-13)19(25)14-4-6-17(7-5-14)23(26)27/h1-7,12-13H,8-11H2,(H,21,24). The van der Waals surface area contributed by atoms with E-state index in [1.165, 1.54) is 24.3 Å². The number of amides is 2. The van der Waals surface area contributed by atoms with Gasteiger partial charge < -0.3 is 10.2 Å². The summed E-state index contributed by atoms with van der Waals surface area (Å²) in [5.74, 6) is -0.441. The second kappa shape index (κ2) is 8.18. The third-order valence-corrected chi connectivity index (χ3v) is 4.81. The van der Waals surface area contributed by atoms with Crippen LogP contribution in [0.15, 0.2) is 48.5 Å². The Labute approximate surface area is 161 Å². The smallest absolute Gasteiger partial charge is 0.269 e. The highest BCUT2D eigenvalue weighted by Crippen LogP contribution is 2.23. The van der Waals surface area contributed by atoms with Crippen LogP contribution >= 0.6 is 11.6 Å². The summed E-state index contributed by atoms with van der Waals surface area (Å²) in [5, 5.41) is 14.1. The van der Waals surface area contributed by atoms with E-state index in [1.54, 1.807) is 29.2 Å². The molecule has 7 nitrogen and oxygen atoms in total. The monoisotopic (exact) mass is 387 g/mol. The zero-order valence-corrected chi connectivity index (χ0v) is 15.2. The van der Waals surface area contributed by atoms with Crippen molar-refractivity contribution < 1.29 is 14.5 Å². The number of nitrogens with one attached hydrogen (secondary N) is 1. The quantitative estimate of drug-likeness (QED) is 0.638. The molecule has 2 amide bonds. The molecule has 0 atom stereocenters. The largest absolute Gasteiger partial charge is 0.339 e. The van der Waals surface area contributed by atoms with Gasteiger partial charge in [-0.1, -0.05) is 17.7 Å². The van der Waals surface area contributed by atoms with Gasteiger partial charge in [0.1, 0.15) is 0 Å². The third-order valence-electron chi connectivity index (χ3n) is 4.57. The van der Waals surface area contributed by atoms with Crippen molar-refractivity contribution in [3.63, 3.8) is 0 Å². The SMILES string of the molecule is O=C(Nc1cccc(Cl)c1)C1CCN(C(=O)c2ccc([N+](=O)[O-])cc2)CC1. The van der Waals surface area contributed by atoms with E-state index in [-0.39, 0.29) is 23.4 Å². The first-order valence-corrected chi connectivity index (χ1v) is 8.92. The maximum absolute atomic E-state index is 12.5. The van der Waals surface area contributed by atoms with Crippen LogP contribution in [0.2, 0.25) is 5.02 Å². The van der Waals surface area contributed by atoms with Crippen molar-refractivity contribution in [2.75, 3.05) is 18.4 Å². The van der Waals surface area contributed by atoms with Crippen LogP contribution in [0.25, 0.3) is 0 Å². The molecule has 8 heteroatoms. The Kier molecular flexibility index (Phi) is 5.71. The summed E-state index contributed by atoms with van der Waals surface area (Å²) in [6.45, 7) is 0.924. The first-order chi connectivity index (χ1) is 12.9. The molecule has 0 radical (unpaired) electrons. The average Bonchev–Trinajstić information content (AvgIpc) is 2.67. The summed E-state index contributed by atoms with van der Waals surface area (Å²) in [5.41, 5.74) is 1.00. The number of piperidine rings is 1. The van der Waals surface area contributed by atoms with Gasteiger partial charge >= 0.3 is 0 Å². The molecule has 1 aliphatic rings. The highest BCUT2D eigenvalue weighted by atomic mass is 35.5. The fourth-order valence-corrected chi connectivity index (χ4v) is 3.25. The summed E-state index contributed by atoms with van der Waals surface area (Å²) in [7, 11) is 0. The van der Waals surface area contributed by atoms with Crippen LogP contribution in [0.4, 0.5) is 11.4 Å². The summed E-state index contributed by atoms with van der Waals surface area (Å²) in [4.78, 5) is 36.8. The lowest BCUT2D eigenvalue weighted by Crippen LogP contribution is -2.41. The van der Waals surface area contributed by atoms with E-state index in [4.69, 9.17) is 11.6 Å².